The molecular formula is C25H18N2O4. The molecule has 2 N–H and O–H groups in total. The SMILES string of the molecule is N#Cc1cn(-c2ccc(C(=O)O)c(O)c2)cc1-c1ccc(OCc2ccccc2)cc1. The highest BCUT2D eigenvalue weighted by Gasteiger charge is 2.13. The van der Waals surface area contributed by atoms with E-state index in [2.05, 4.69) is 6.07 Å². The second kappa shape index (κ2) is 8.47. The van der Waals surface area contributed by atoms with Gasteiger partial charge >= 0.3 is 5.97 Å². The smallest absolute Gasteiger partial charge is 0.339 e. The van der Waals surface area contributed by atoms with Crippen LogP contribution in [0.4, 0.5) is 0 Å². The second-order valence-corrected chi connectivity index (χ2v) is 6.91. The molecule has 0 saturated carbocycles. The van der Waals surface area contributed by atoms with Crippen molar-refractivity contribution in [1.82, 2.24) is 4.57 Å². The topological polar surface area (TPSA) is 95.5 Å². The van der Waals surface area contributed by atoms with Crippen LogP contribution in [0.3, 0.4) is 0 Å². The maximum absolute atomic E-state index is 11.1. The maximum Gasteiger partial charge on any atom is 0.339 e. The van der Waals surface area contributed by atoms with Crippen LogP contribution in [-0.4, -0.2) is 20.7 Å². The molecule has 152 valence electrons. The third-order valence-electron chi connectivity index (χ3n) is 4.87. The largest absolute Gasteiger partial charge is 0.507 e. The Bertz CT molecular complexity index is 1270. The van der Waals surface area contributed by atoms with Gasteiger partial charge in [-0.2, -0.15) is 5.26 Å². The molecule has 0 unspecified atom stereocenters. The first-order chi connectivity index (χ1) is 15.0. The van der Waals surface area contributed by atoms with Crippen molar-refractivity contribution in [2.75, 3.05) is 0 Å². The number of aromatic hydroxyl groups is 1. The van der Waals surface area contributed by atoms with Gasteiger partial charge < -0.3 is 19.5 Å². The van der Waals surface area contributed by atoms with Gasteiger partial charge in [-0.15, -0.1) is 0 Å². The van der Waals surface area contributed by atoms with E-state index in [0.717, 1.165) is 22.4 Å². The normalized spacial score (nSPS) is 10.4. The zero-order valence-corrected chi connectivity index (χ0v) is 16.4. The van der Waals surface area contributed by atoms with E-state index < -0.39 is 5.97 Å². The summed E-state index contributed by atoms with van der Waals surface area (Å²) < 4.78 is 7.49. The van der Waals surface area contributed by atoms with Gasteiger partial charge in [-0.3, -0.25) is 0 Å². The summed E-state index contributed by atoms with van der Waals surface area (Å²) >= 11 is 0. The van der Waals surface area contributed by atoms with E-state index in [0.29, 0.717) is 17.9 Å². The van der Waals surface area contributed by atoms with Crippen LogP contribution in [0.5, 0.6) is 11.5 Å². The Balaban J connectivity index is 1.57. The molecule has 4 rings (SSSR count). The van der Waals surface area contributed by atoms with Gasteiger partial charge in [0.15, 0.2) is 0 Å². The molecule has 4 aromatic rings. The first-order valence-electron chi connectivity index (χ1n) is 9.51. The van der Waals surface area contributed by atoms with Crippen molar-refractivity contribution in [3.63, 3.8) is 0 Å². The number of benzene rings is 3. The average molecular weight is 410 g/mol. The van der Waals surface area contributed by atoms with E-state index in [-0.39, 0.29) is 11.3 Å². The molecule has 0 aliphatic carbocycles. The van der Waals surface area contributed by atoms with Crippen LogP contribution in [0.15, 0.2) is 85.2 Å². The number of carboxylic acids is 1. The van der Waals surface area contributed by atoms with Gasteiger partial charge in [0.05, 0.1) is 5.56 Å². The predicted molar refractivity (Wildman–Crippen MR) is 115 cm³/mol. The Hall–Kier alpha value is -4.50. The van der Waals surface area contributed by atoms with Crippen molar-refractivity contribution in [3.05, 3.63) is 102 Å². The number of phenols is 1. The number of rotatable bonds is 6. The molecule has 0 aliphatic rings. The summed E-state index contributed by atoms with van der Waals surface area (Å²) in [5.41, 5.74) is 3.47. The number of carboxylic acid groups (broad SMARTS) is 1. The van der Waals surface area contributed by atoms with E-state index >= 15 is 0 Å². The molecule has 0 spiro atoms. The van der Waals surface area contributed by atoms with E-state index in [1.807, 2.05) is 54.6 Å². The zero-order valence-electron chi connectivity index (χ0n) is 16.4. The minimum absolute atomic E-state index is 0.178. The fourth-order valence-electron chi connectivity index (χ4n) is 3.26. The summed E-state index contributed by atoms with van der Waals surface area (Å²) in [4.78, 5) is 11.1. The quantitative estimate of drug-likeness (QED) is 0.466. The number of nitrogens with zero attached hydrogens (tertiary/aromatic N) is 2. The lowest BCUT2D eigenvalue weighted by atomic mass is 10.1. The molecule has 6 heteroatoms. The first kappa shape index (κ1) is 19.8. The van der Waals surface area contributed by atoms with E-state index in [9.17, 15) is 15.2 Å². The van der Waals surface area contributed by atoms with Crippen LogP contribution >= 0.6 is 0 Å². The number of aromatic carboxylic acids is 1. The Morgan fingerprint density at radius 3 is 2.39 bits per heavy atom. The van der Waals surface area contributed by atoms with E-state index in [1.165, 1.54) is 12.1 Å². The van der Waals surface area contributed by atoms with Gasteiger partial charge in [-0.1, -0.05) is 42.5 Å². The molecule has 0 aliphatic heterocycles. The average Bonchev–Trinajstić information content (AvgIpc) is 3.23. The number of nitriles is 1. The van der Waals surface area contributed by atoms with E-state index in [4.69, 9.17) is 9.84 Å². The number of hydrogen-bond donors (Lipinski definition) is 2. The van der Waals surface area contributed by atoms with Crippen LogP contribution in [0, 0.1) is 11.3 Å². The summed E-state index contributed by atoms with van der Waals surface area (Å²) in [7, 11) is 0. The molecule has 3 aromatic carbocycles. The Kier molecular flexibility index (Phi) is 5.41. The Morgan fingerprint density at radius 1 is 1.00 bits per heavy atom. The minimum Gasteiger partial charge on any atom is -0.507 e. The highest BCUT2D eigenvalue weighted by atomic mass is 16.5. The monoisotopic (exact) mass is 410 g/mol. The molecular weight excluding hydrogens is 392 g/mol. The fourth-order valence-corrected chi connectivity index (χ4v) is 3.26. The predicted octanol–water partition coefficient (Wildman–Crippen LogP) is 5.00. The molecule has 6 nitrogen and oxygen atoms in total. The van der Waals surface area contributed by atoms with Crippen molar-refractivity contribution in [1.29, 1.82) is 5.26 Å². The van der Waals surface area contributed by atoms with E-state index in [1.54, 1.807) is 23.0 Å². The van der Waals surface area contributed by atoms with Crippen molar-refractivity contribution < 1.29 is 19.7 Å². The molecule has 0 amide bonds. The lowest BCUT2D eigenvalue weighted by Crippen LogP contribution is -1.98. The van der Waals surface area contributed by atoms with Gasteiger partial charge in [0.25, 0.3) is 0 Å². The standard InChI is InChI=1S/C25H18N2O4/c26-13-19-14-27(20-8-11-22(25(29)30)24(28)12-20)15-23(19)18-6-9-21(10-7-18)31-16-17-4-2-1-3-5-17/h1-12,14-15,28H,16H2,(H,29,30). The molecule has 0 saturated heterocycles. The number of aromatic nitrogens is 1. The summed E-state index contributed by atoms with van der Waals surface area (Å²) in [6.45, 7) is 0.468. The molecule has 1 aromatic heterocycles. The summed E-state index contributed by atoms with van der Waals surface area (Å²) in [5.74, 6) is -0.817. The van der Waals surface area contributed by atoms with Crippen molar-refractivity contribution in [3.8, 4) is 34.4 Å². The highest BCUT2D eigenvalue weighted by molar-refractivity contribution is 5.91. The third-order valence-corrected chi connectivity index (χ3v) is 4.87. The molecule has 0 atom stereocenters. The second-order valence-electron chi connectivity index (χ2n) is 6.91. The minimum atomic E-state index is -1.20. The molecule has 0 radical (unpaired) electrons. The summed E-state index contributed by atoms with van der Waals surface area (Å²) in [6.07, 6.45) is 3.41. The third kappa shape index (κ3) is 4.26. The van der Waals surface area contributed by atoms with Crippen molar-refractivity contribution in [2.24, 2.45) is 0 Å². The van der Waals surface area contributed by atoms with Gasteiger partial charge in [0.2, 0.25) is 0 Å². The van der Waals surface area contributed by atoms with Crippen LogP contribution < -0.4 is 4.74 Å². The maximum atomic E-state index is 11.1. The highest BCUT2D eigenvalue weighted by Crippen LogP contribution is 2.29. The molecule has 0 bridgehead atoms. The zero-order chi connectivity index (χ0) is 21.8. The van der Waals surface area contributed by atoms with Gasteiger partial charge in [-0.25, -0.2) is 4.79 Å². The van der Waals surface area contributed by atoms with Crippen LogP contribution in [0.25, 0.3) is 16.8 Å². The molecule has 0 fully saturated rings. The summed E-state index contributed by atoms with van der Waals surface area (Å²) in [6, 6.07) is 23.8. The lowest BCUT2D eigenvalue weighted by molar-refractivity contribution is 0.0693. The molecule has 1 heterocycles. The van der Waals surface area contributed by atoms with Gasteiger partial charge in [-0.05, 0) is 35.4 Å². The van der Waals surface area contributed by atoms with Crippen LogP contribution in [-0.2, 0) is 6.61 Å². The van der Waals surface area contributed by atoms with Crippen LogP contribution in [0.1, 0.15) is 21.5 Å². The van der Waals surface area contributed by atoms with Crippen molar-refractivity contribution in [2.45, 2.75) is 6.61 Å². The van der Waals surface area contributed by atoms with Crippen molar-refractivity contribution >= 4 is 5.97 Å². The summed E-state index contributed by atoms with van der Waals surface area (Å²) in [5, 5.41) is 28.6. The lowest BCUT2D eigenvalue weighted by Gasteiger charge is -2.07. The fraction of sp³-hybridized carbons (Fsp3) is 0.0400. The first-order valence-corrected chi connectivity index (χ1v) is 9.51. The number of carbonyl (C=O) groups is 1. The van der Waals surface area contributed by atoms with Crippen LogP contribution in [0.2, 0.25) is 0 Å². The van der Waals surface area contributed by atoms with Gasteiger partial charge in [0.1, 0.15) is 29.7 Å². The Labute approximate surface area is 178 Å². The number of ether oxygens (including phenoxy) is 1. The number of hydrogen-bond acceptors (Lipinski definition) is 4. The van der Waals surface area contributed by atoms with Gasteiger partial charge in [0, 0.05) is 29.7 Å². The molecule has 31 heavy (non-hydrogen) atoms. The Morgan fingerprint density at radius 2 is 1.74 bits per heavy atom.